The summed E-state index contributed by atoms with van der Waals surface area (Å²) >= 11 is 0. The van der Waals surface area contributed by atoms with Crippen LogP contribution >= 0.6 is 0 Å². The van der Waals surface area contributed by atoms with E-state index in [-0.39, 0.29) is 75.8 Å². The van der Waals surface area contributed by atoms with Crippen LogP contribution in [0.15, 0.2) is 18.2 Å². The van der Waals surface area contributed by atoms with Gasteiger partial charge in [0.2, 0.25) is 0 Å². The first-order valence-electron chi connectivity index (χ1n) is 3.77. The molecule has 6 nitrogen and oxygen atoms in total. The zero-order chi connectivity index (χ0) is 11.6. The van der Waals surface area contributed by atoms with Crippen LogP contribution in [-0.4, -0.2) is 92.3 Å². The molecule has 0 saturated carbocycles. The summed E-state index contributed by atoms with van der Waals surface area (Å²) in [6, 6.07) is 2.70. The SMILES string of the molecule is O=C(O)c1cc(C(=O)O)cc(C(=O)O)c1.[NaH].[NaH]. The second-order valence-electron chi connectivity index (χ2n) is 2.71. The van der Waals surface area contributed by atoms with E-state index in [4.69, 9.17) is 15.3 Å². The fourth-order valence-corrected chi connectivity index (χ4v) is 0.998. The van der Waals surface area contributed by atoms with Crippen molar-refractivity contribution in [2.45, 2.75) is 0 Å². The van der Waals surface area contributed by atoms with Gasteiger partial charge in [0.05, 0.1) is 16.7 Å². The van der Waals surface area contributed by atoms with E-state index < -0.39 is 17.9 Å². The van der Waals surface area contributed by atoms with Crippen LogP contribution in [0.3, 0.4) is 0 Å². The zero-order valence-corrected chi connectivity index (χ0v) is 7.30. The standard InChI is InChI=1S/C9H6O6.2Na.2H/c10-7(11)4-1-5(8(12)13)3-6(2-4)9(14)15;;;;/h1-3H,(H,10,11)(H,12,13)(H,14,15);;;;. The fraction of sp³-hybridized carbons (Fsp3) is 0. The summed E-state index contributed by atoms with van der Waals surface area (Å²) in [6.07, 6.45) is 0. The van der Waals surface area contributed by atoms with Crippen LogP contribution in [0.25, 0.3) is 0 Å². The summed E-state index contributed by atoms with van der Waals surface area (Å²) in [5, 5.41) is 25.8. The van der Waals surface area contributed by atoms with Gasteiger partial charge in [-0.25, -0.2) is 14.4 Å². The Balaban J connectivity index is 0. The second-order valence-corrected chi connectivity index (χ2v) is 2.71. The molecule has 1 rings (SSSR count). The monoisotopic (exact) mass is 258 g/mol. The summed E-state index contributed by atoms with van der Waals surface area (Å²) in [7, 11) is 0. The Kier molecular flexibility index (Phi) is 8.78. The van der Waals surface area contributed by atoms with Crippen molar-refractivity contribution < 1.29 is 29.7 Å². The Morgan fingerprint density at radius 2 is 0.824 bits per heavy atom. The summed E-state index contributed by atoms with van der Waals surface area (Å²) in [6.45, 7) is 0. The molecule has 0 aliphatic carbocycles. The third-order valence-corrected chi connectivity index (χ3v) is 1.67. The molecule has 3 N–H and O–H groups in total. The summed E-state index contributed by atoms with van der Waals surface area (Å²) in [5.41, 5.74) is -1.10. The number of carboxylic acids is 3. The number of carboxylic acid groups (broad SMARTS) is 3. The quantitative estimate of drug-likeness (QED) is 0.629. The van der Waals surface area contributed by atoms with Crippen LogP contribution in [0, 0.1) is 0 Å². The molecule has 0 bridgehead atoms. The van der Waals surface area contributed by atoms with Crippen molar-refractivity contribution in [3.8, 4) is 0 Å². The molecule has 0 saturated heterocycles. The summed E-state index contributed by atoms with van der Waals surface area (Å²) in [4.78, 5) is 31.7. The molecule has 0 unspecified atom stereocenters. The maximum absolute atomic E-state index is 10.6. The van der Waals surface area contributed by atoms with E-state index in [1.807, 2.05) is 0 Å². The van der Waals surface area contributed by atoms with Crippen LogP contribution in [-0.2, 0) is 0 Å². The molecule has 1 aromatic carbocycles. The summed E-state index contributed by atoms with van der Waals surface area (Å²) in [5.74, 6) is -4.12. The van der Waals surface area contributed by atoms with Crippen LogP contribution in [0.5, 0.6) is 0 Å². The van der Waals surface area contributed by atoms with Crippen molar-refractivity contribution >= 4 is 77.0 Å². The molecule has 0 aliphatic heterocycles. The van der Waals surface area contributed by atoms with Crippen molar-refractivity contribution in [3.63, 3.8) is 0 Å². The molecule has 0 spiro atoms. The van der Waals surface area contributed by atoms with E-state index in [0.29, 0.717) is 0 Å². The molecule has 0 atom stereocenters. The molecule has 0 amide bonds. The van der Waals surface area contributed by atoms with E-state index in [1.54, 1.807) is 0 Å². The van der Waals surface area contributed by atoms with Crippen molar-refractivity contribution in [1.29, 1.82) is 0 Å². The number of rotatable bonds is 3. The first-order chi connectivity index (χ1) is 6.91. The molecule has 0 aromatic heterocycles. The molecular weight excluding hydrogens is 250 g/mol. The molecule has 0 heterocycles. The van der Waals surface area contributed by atoms with Crippen LogP contribution < -0.4 is 0 Å². The molecule has 1 aromatic rings. The van der Waals surface area contributed by atoms with Gasteiger partial charge in [0.25, 0.3) is 0 Å². The topological polar surface area (TPSA) is 112 Å². The van der Waals surface area contributed by atoms with Gasteiger partial charge in [0.15, 0.2) is 0 Å². The second kappa shape index (κ2) is 7.86. The summed E-state index contributed by atoms with van der Waals surface area (Å²) < 4.78 is 0. The van der Waals surface area contributed by atoms with Crippen LogP contribution in [0.2, 0.25) is 0 Å². The van der Waals surface area contributed by atoms with E-state index in [1.165, 1.54) is 0 Å². The van der Waals surface area contributed by atoms with Crippen molar-refractivity contribution in [2.75, 3.05) is 0 Å². The van der Waals surface area contributed by atoms with Crippen molar-refractivity contribution in [3.05, 3.63) is 34.9 Å². The third kappa shape index (κ3) is 5.20. The van der Waals surface area contributed by atoms with Gasteiger partial charge < -0.3 is 15.3 Å². The van der Waals surface area contributed by atoms with Crippen molar-refractivity contribution in [2.24, 2.45) is 0 Å². The van der Waals surface area contributed by atoms with Gasteiger partial charge in [0.1, 0.15) is 0 Å². The first-order valence-corrected chi connectivity index (χ1v) is 3.77. The van der Waals surface area contributed by atoms with Gasteiger partial charge in [-0.2, -0.15) is 0 Å². The molecule has 8 heteroatoms. The fourth-order valence-electron chi connectivity index (χ4n) is 0.998. The first kappa shape index (κ1) is 19.0. The minimum absolute atomic E-state index is 0. The Morgan fingerprint density at radius 3 is 0.941 bits per heavy atom. The minimum atomic E-state index is -1.37. The Bertz CT molecular complexity index is 378. The van der Waals surface area contributed by atoms with Gasteiger partial charge in [-0.1, -0.05) is 0 Å². The number of hydrogen-bond acceptors (Lipinski definition) is 3. The van der Waals surface area contributed by atoms with Gasteiger partial charge in [-0.3, -0.25) is 0 Å². The zero-order valence-electron chi connectivity index (χ0n) is 7.30. The van der Waals surface area contributed by atoms with E-state index in [2.05, 4.69) is 0 Å². The number of hydrogen-bond donors (Lipinski definition) is 3. The molecule has 0 fully saturated rings. The predicted molar refractivity (Wildman–Crippen MR) is 61.6 cm³/mol. The number of aromatic carboxylic acids is 3. The predicted octanol–water partition coefficient (Wildman–Crippen LogP) is -0.516. The maximum atomic E-state index is 10.6. The van der Waals surface area contributed by atoms with Gasteiger partial charge in [-0.05, 0) is 18.2 Å². The van der Waals surface area contributed by atoms with E-state index in [9.17, 15) is 14.4 Å². The van der Waals surface area contributed by atoms with Crippen molar-refractivity contribution in [1.82, 2.24) is 0 Å². The molecule has 17 heavy (non-hydrogen) atoms. The van der Waals surface area contributed by atoms with E-state index >= 15 is 0 Å². The van der Waals surface area contributed by atoms with Gasteiger partial charge in [-0.15, -0.1) is 0 Å². The third-order valence-electron chi connectivity index (χ3n) is 1.67. The van der Waals surface area contributed by atoms with Crippen LogP contribution in [0.4, 0.5) is 0 Å². The number of benzene rings is 1. The molecule has 82 valence electrons. The average Bonchev–Trinajstić information content (AvgIpc) is 2.16. The Hall–Kier alpha value is -0.370. The molecule has 0 radical (unpaired) electrons. The molecular formula is C9H8Na2O6. The Labute approximate surface area is 140 Å². The molecule has 0 aliphatic rings. The van der Waals surface area contributed by atoms with Gasteiger partial charge in [0, 0.05) is 0 Å². The van der Waals surface area contributed by atoms with E-state index in [0.717, 1.165) is 18.2 Å². The number of carbonyl (C=O) groups is 3. The Morgan fingerprint density at radius 1 is 0.647 bits per heavy atom. The normalized spacial score (nSPS) is 8.47. The van der Waals surface area contributed by atoms with Gasteiger partial charge >= 0.3 is 77.0 Å². The van der Waals surface area contributed by atoms with Crippen LogP contribution in [0.1, 0.15) is 31.1 Å². The average molecular weight is 258 g/mol.